The molecule has 3 aromatic carbocycles. The van der Waals surface area contributed by atoms with E-state index >= 15 is 0 Å². The summed E-state index contributed by atoms with van der Waals surface area (Å²) in [6, 6.07) is 16.2. The number of fused-ring (bicyclic) bond motifs is 2. The summed E-state index contributed by atoms with van der Waals surface area (Å²) in [5, 5.41) is 15.9. The van der Waals surface area contributed by atoms with E-state index in [0.29, 0.717) is 16.6 Å². The molecular formula is C25H17F4N3O2. The molecule has 0 fully saturated rings. The van der Waals surface area contributed by atoms with Crippen LogP contribution in [0.15, 0.2) is 83.8 Å². The molecule has 5 rings (SSSR count). The molecule has 2 aromatic heterocycles. The Kier molecular flexibility index (Phi) is 4.84. The second-order valence-corrected chi connectivity index (χ2v) is 7.99. The van der Waals surface area contributed by atoms with E-state index < -0.39 is 34.3 Å². The zero-order valence-corrected chi connectivity index (χ0v) is 17.7. The summed E-state index contributed by atoms with van der Waals surface area (Å²) in [6.45, 7) is 0. The Hall–Kier alpha value is -3.98. The monoisotopic (exact) mass is 467 g/mol. The maximum atomic E-state index is 14.5. The Morgan fingerprint density at radius 3 is 2.32 bits per heavy atom. The third-order valence-electron chi connectivity index (χ3n) is 6.01. The van der Waals surface area contributed by atoms with Crippen molar-refractivity contribution < 1.29 is 22.7 Å². The SMILES string of the molecule is Cn1c(=O)cc(C(O)(c2ccc3c(cnn3-c3ccc(F)cc3)c2)C(F)(F)F)c2ccccc21. The Bertz CT molecular complexity index is 1600. The number of aliphatic hydroxyl groups is 1. The van der Waals surface area contributed by atoms with Gasteiger partial charge in [0.1, 0.15) is 5.82 Å². The van der Waals surface area contributed by atoms with Crippen LogP contribution in [-0.4, -0.2) is 25.6 Å². The van der Waals surface area contributed by atoms with Crippen molar-refractivity contribution in [2.45, 2.75) is 11.8 Å². The standard InChI is InChI=1S/C25H17F4N3O2/c1-31-22-5-3-2-4-19(22)20(13-23(31)33)24(34,25(27,28)29)16-6-11-21-15(12-16)14-30-32(21)18-9-7-17(26)8-10-18/h2-14,34H,1H3. The van der Waals surface area contributed by atoms with Gasteiger partial charge < -0.3 is 9.67 Å². The van der Waals surface area contributed by atoms with Gasteiger partial charge in [-0.2, -0.15) is 18.3 Å². The number of hydrogen-bond acceptors (Lipinski definition) is 3. The van der Waals surface area contributed by atoms with Crippen LogP contribution in [-0.2, 0) is 12.6 Å². The lowest BCUT2D eigenvalue weighted by Gasteiger charge is -2.32. The van der Waals surface area contributed by atoms with Gasteiger partial charge in [0.25, 0.3) is 5.56 Å². The molecule has 0 saturated heterocycles. The van der Waals surface area contributed by atoms with Crippen LogP contribution in [0.25, 0.3) is 27.5 Å². The molecule has 172 valence electrons. The number of aryl methyl sites for hydroxylation is 1. The highest BCUT2D eigenvalue weighted by Crippen LogP contribution is 2.46. The lowest BCUT2D eigenvalue weighted by molar-refractivity contribution is -0.247. The number of hydrogen-bond donors (Lipinski definition) is 1. The minimum absolute atomic E-state index is 0.103. The van der Waals surface area contributed by atoms with E-state index in [0.717, 1.165) is 12.1 Å². The van der Waals surface area contributed by atoms with Crippen molar-refractivity contribution in [2.75, 3.05) is 0 Å². The lowest BCUT2D eigenvalue weighted by Crippen LogP contribution is -2.44. The second-order valence-electron chi connectivity index (χ2n) is 7.99. The Labute approximate surface area is 190 Å². The van der Waals surface area contributed by atoms with Gasteiger partial charge in [-0.25, -0.2) is 9.07 Å². The van der Waals surface area contributed by atoms with Gasteiger partial charge in [-0.3, -0.25) is 4.79 Å². The molecule has 0 aliphatic carbocycles. The molecule has 1 unspecified atom stereocenters. The zero-order valence-electron chi connectivity index (χ0n) is 17.7. The highest BCUT2D eigenvalue weighted by molar-refractivity contribution is 5.85. The summed E-state index contributed by atoms with van der Waals surface area (Å²) in [7, 11) is 1.46. The van der Waals surface area contributed by atoms with Crippen molar-refractivity contribution in [3.8, 4) is 5.69 Å². The summed E-state index contributed by atoms with van der Waals surface area (Å²) in [5.41, 5.74) is -3.89. The maximum Gasteiger partial charge on any atom is 0.425 e. The number of nitrogens with zero attached hydrogens (tertiary/aromatic N) is 3. The number of benzene rings is 3. The van der Waals surface area contributed by atoms with Gasteiger partial charge in [-0.05, 0) is 48.0 Å². The highest BCUT2D eigenvalue weighted by atomic mass is 19.4. The number of halogens is 4. The van der Waals surface area contributed by atoms with E-state index in [4.69, 9.17) is 0 Å². The molecule has 1 N–H and O–H groups in total. The fraction of sp³-hybridized carbons (Fsp3) is 0.120. The van der Waals surface area contributed by atoms with E-state index in [2.05, 4.69) is 5.10 Å². The Balaban J connectivity index is 1.75. The molecule has 0 bridgehead atoms. The van der Waals surface area contributed by atoms with Crippen molar-refractivity contribution in [3.05, 3.63) is 106 Å². The predicted molar refractivity (Wildman–Crippen MR) is 119 cm³/mol. The fourth-order valence-electron chi connectivity index (χ4n) is 4.23. The quantitative estimate of drug-likeness (QED) is 0.388. The minimum Gasteiger partial charge on any atom is -0.372 e. The topological polar surface area (TPSA) is 60.1 Å². The molecule has 34 heavy (non-hydrogen) atoms. The zero-order chi connectivity index (χ0) is 24.3. The van der Waals surface area contributed by atoms with Crippen LogP contribution in [0.4, 0.5) is 17.6 Å². The number of pyridine rings is 1. The van der Waals surface area contributed by atoms with E-state index in [9.17, 15) is 27.5 Å². The molecule has 0 aliphatic rings. The molecule has 0 aliphatic heterocycles. The van der Waals surface area contributed by atoms with Crippen LogP contribution in [0.2, 0.25) is 0 Å². The number of aromatic nitrogens is 3. The van der Waals surface area contributed by atoms with E-state index in [1.54, 1.807) is 12.1 Å². The fourth-order valence-corrected chi connectivity index (χ4v) is 4.23. The first kappa shape index (κ1) is 21.8. The van der Waals surface area contributed by atoms with Crippen LogP contribution in [0.1, 0.15) is 11.1 Å². The molecule has 1 atom stereocenters. The van der Waals surface area contributed by atoms with Gasteiger partial charge in [0.15, 0.2) is 0 Å². The van der Waals surface area contributed by atoms with Crippen molar-refractivity contribution >= 4 is 21.8 Å². The summed E-state index contributed by atoms with van der Waals surface area (Å²) < 4.78 is 59.5. The third kappa shape index (κ3) is 3.19. The first-order valence-corrected chi connectivity index (χ1v) is 10.2. The first-order chi connectivity index (χ1) is 16.1. The molecule has 5 aromatic rings. The number of alkyl halides is 3. The average molecular weight is 467 g/mol. The molecule has 5 nitrogen and oxygen atoms in total. The normalized spacial score (nSPS) is 13.9. The maximum absolute atomic E-state index is 14.5. The summed E-state index contributed by atoms with van der Waals surface area (Å²) in [5.74, 6) is -0.432. The number of para-hydroxylation sites is 1. The lowest BCUT2D eigenvalue weighted by atomic mass is 9.83. The smallest absolute Gasteiger partial charge is 0.372 e. The third-order valence-corrected chi connectivity index (χ3v) is 6.01. The predicted octanol–water partition coefficient (Wildman–Crippen LogP) is 4.81. The van der Waals surface area contributed by atoms with Crippen LogP contribution < -0.4 is 5.56 Å². The average Bonchev–Trinajstić information content (AvgIpc) is 3.24. The minimum atomic E-state index is -5.14. The van der Waals surface area contributed by atoms with E-state index in [1.165, 1.54) is 71.0 Å². The van der Waals surface area contributed by atoms with E-state index in [-0.39, 0.29) is 10.9 Å². The molecular weight excluding hydrogens is 450 g/mol. The van der Waals surface area contributed by atoms with Crippen LogP contribution in [0, 0.1) is 5.82 Å². The largest absolute Gasteiger partial charge is 0.425 e. The van der Waals surface area contributed by atoms with Gasteiger partial charge >= 0.3 is 6.18 Å². The molecule has 0 saturated carbocycles. The van der Waals surface area contributed by atoms with Crippen molar-refractivity contribution in [1.82, 2.24) is 14.3 Å². The van der Waals surface area contributed by atoms with E-state index in [1.807, 2.05) is 0 Å². The molecule has 0 radical (unpaired) electrons. The first-order valence-electron chi connectivity index (χ1n) is 10.2. The van der Waals surface area contributed by atoms with Gasteiger partial charge in [0.05, 0.1) is 22.9 Å². The van der Waals surface area contributed by atoms with Crippen molar-refractivity contribution in [1.29, 1.82) is 0 Å². The molecule has 9 heteroatoms. The van der Waals surface area contributed by atoms with Gasteiger partial charge in [0.2, 0.25) is 5.60 Å². The van der Waals surface area contributed by atoms with Crippen LogP contribution >= 0.6 is 0 Å². The highest BCUT2D eigenvalue weighted by Gasteiger charge is 2.57. The Morgan fingerprint density at radius 2 is 1.62 bits per heavy atom. The summed E-state index contributed by atoms with van der Waals surface area (Å²) in [4.78, 5) is 12.5. The van der Waals surface area contributed by atoms with Crippen molar-refractivity contribution in [2.24, 2.45) is 7.05 Å². The second kappa shape index (κ2) is 7.53. The molecule has 2 heterocycles. The van der Waals surface area contributed by atoms with Crippen LogP contribution in [0.3, 0.4) is 0 Å². The van der Waals surface area contributed by atoms with Crippen LogP contribution in [0.5, 0.6) is 0 Å². The summed E-state index contributed by atoms with van der Waals surface area (Å²) >= 11 is 0. The van der Waals surface area contributed by atoms with Gasteiger partial charge in [0, 0.05) is 29.4 Å². The molecule has 0 spiro atoms. The van der Waals surface area contributed by atoms with Gasteiger partial charge in [-0.15, -0.1) is 0 Å². The summed E-state index contributed by atoms with van der Waals surface area (Å²) in [6.07, 6.45) is -3.77. The molecule has 0 amide bonds. The Morgan fingerprint density at radius 1 is 0.912 bits per heavy atom. The van der Waals surface area contributed by atoms with Gasteiger partial charge in [-0.1, -0.05) is 24.3 Å². The number of rotatable bonds is 3. The van der Waals surface area contributed by atoms with Crippen molar-refractivity contribution in [3.63, 3.8) is 0 Å².